The summed E-state index contributed by atoms with van der Waals surface area (Å²) in [5, 5.41) is 12.2. The van der Waals surface area contributed by atoms with E-state index in [9.17, 15) is 22.7 Å². The number of amides is 1. The first kappa shape index (κ1) is 19.9. The summed E-state index contributed by atoms with van der Waals surface area (Å²) in [6, 6.07) is 9.81. The SMILES string of the molecule is O=C(Nc1ccc(F)c(Br)c1)c1cccc(S(=O)(=O)N2CCC(O)CC2)c1. The Morgan fingerprint density at radius 2 is 1.89 bits per heavy atom. The molecule has 0 saturated carbocycles. The van der Waals surface area contributed by atoms with Crippen LogP contribution in [0.25, 0.3) is 0 Å². The van der Waals surface area contributed by atoms with Crippen LogP contribution in [0.5, 0.6) is 0 Å². The molecule has 0 aliphatic carbocycles. The largest absolute Gasteiger partial charge is 0.393 e. The molecule has 3 rings (SSSR count). The summed E-state index contributed by atoms with van der Waals surface area (Å²) in [4.78, 5) is 12.5. The minimum atomic E-state index is -3.74. The standard InChI is InChI=1S/C18H18BrFN2O4S/c19-16-11-13(4-5-17(16)20)21-18(24)12-2-1-3-15(10-12)27(25,26)22-8-6-14(23)7-9-22/h1-5,10-11,14,23H,6-9H2,(H,21,24). The number of carbonyl (C=O) groups excluding carboxylic acids is 1. The van der Waals surface area contributed by atoms with Gasteiger partial charge in [0.2, 0.25) is 10.0 Å². The summed E-state index contributed by atoms with van der Waals surface area (Å²) in [5.74, 6) is -0.952. The van der Waals surface area contributed by atoms with Gasteiger partial charge in [0.1, 0.15) is 5.82 Å². The van der Waals surface area contributed by atoms with Crippen molar-refractivity contribution < 1.29 is 22.7 Å². The highest BCUT2D eigenvalue weighted by atomic mass is 79.9. The Morgan fingerprint density at radius 3 is 2.56 bits per heavy atom. The molecule has 9 heteroatoms. The molecule has 1 fully saturated rings. The number of piperidine rings is 1. The molecular weight excluding hydrogens is 439 g/mol. The Labute approximate surface area is 165 Å². The van der Waals surface area contributed by atoms with Crippen molar-refractivity contribution >= 4 is 37.5 Å². The molecule has 1 saturated heterocycles. The van der Waals surface area contributed by atoms with Gasteiger partial charge in [0.25, 0.3) is 5.91 Å². The zero-order chi connectivity index (χ0) is 19.6. The summed E-state index contributed by atoms with van der Waals surface area (Å²) in [7, 11) is -3.74. The fourth-order valence-corrected chi connectivity index (χ4v) is 4.70. The van der Waals surface area contributed by atoms with Crippen LogP contribution in [0.2, 0.25) is 0 Å². The van der Waals surface area contributed by atoms with Crippen molar-refractivity contribution in [3.63, 3.8) is 0 Å². The van der Waals surface area contributed by atoms with E-state index in [1.165, 1.54) is 46.8 Å². The number of carbonyl (C=O) groups is 1. The van der Waals surface area contributed by atoms with Gasteiger partial charge in [-0.2, -0.15) is 4.31 Å². The summed E-state index contributed by atoms with van der Waals surface area (Å²) in [6.07, 6.45) is 0.293. The summed E-state index contributed by atoms with van der Waals surface area (Å²) in [6.45, 7) is 0.479. The van der Waals surface area contributed by atoms with Crippen molar-refractivity contribution in [1.82, 2.24) is 4.31 Å². The average Bonchev–Trinajstić information content (AvgIpc) is 2.65. The summed E-state index contributed by atoms with van der Waals surface area (Å²) >= 11 is 3.05. The van der Waals surface area contributed by atoms with Crippen LogP contribution >= 0.6 is 15.9 Å². The minimum Gasteiger partial charge on any atom is -0.393 e. The number of nitrogens with one attached hydrogen (secondary N) is 1. The molecule has 1 amide bonds. The number of aliphatic hydroxyl groups is 1. The fraction of sp³-hybridized carbons (Fsp3) is 0.278. The van der Waals surface area contributed by atoms with E-state index < -0.39 is 27.9 Å². The van der Waals surface area contributed by atoms with Gasteiger partial charge < -0.3 is 10.4 Å². The monoisotopic (exact) mass is 456 g/mol. The molecule has 0 spiro atoms. The smallest absolute Gasteiger partial charge is 0.255 e. The average molecular weight is 457 g/mol. The van der Waals surface area contributed by atoms with Crippen LogP contribution in [0.15, 0.2) is 51.8 Å². The molecule has 27 heavy (non-hydrogen) atoms. The van der Waals surface area contributed by atoms with Crippen LogP contribution in [-0.4, -0.2) is 42.9 Å². The van der Waals surface area contributed by atoms with Crippen LogP contribution in [0.1, 0.15) is 23.2 Å². The van der Waals surface area contributed by atoms with E-state index in [1.54, 1.807) is 0 Å². The number of sulfonamides is 1. The Hall–Kier alpha value is -1.81. The maximum atomic E-state index is 13.3. The third-order valence-corrected chi connectivity index (χ3v) is 6.84. The van der Waals surface area contributed by atoms with Gasteiger partial charge in [0.05, 0.1) is 15.5 Å². The second-order valence-electron chi connectivity index (χ2n) is 6.25. The van der Waals surface area contributed by atoms with Crippen molar-refractivity contribution in [1.29, 1.82) is 0 Å². The molecule has 0 unspecified atom stereocenters. The molecule has 144 valence electrons. The van der Waals surface area contributed by atoms with Crippen LogP contribution in [-0.2, 0) is 10.0 Å². The van der Waals surface area contributed by atoms with Crippen LogP contribution in [0.3, 0.4) is 0 Å². The first-order valence-corrected chi connectivity index (χ1v) is 10.6. The number of anilines is 1. The van der Waals surface area contributed by atoms with Gasteiger partial charge in [0, 0.05) is 24.3 Å². The van der Waals surface area contributed by atoms with Crippen LogP contribution < -0.4 is 5.32 Å². The minimum absolute atomic E-state index is 0.0202. The molecule has 1 aliphatic rings. The third kappa shape index (κ3) is 4.55. The van der Waals surface area contributed by atoms with Gasteiger partial charge >= 0.3 is 0 Å². The van der Waals surface area contributed by atoms with Crippen molar-refractivity contribution in [2.75, 3.05) is 18.4 Å². The Balaban J connectivity index is 1.80. The number of aliphatic hydroxyl groups excluding tert-OH is 1. The van der Waals surface area contributed by atoms with Gasteiger partial charge in [-0.25, -0.2) is 12.8 Å². The summed E-state index contributed by atoms with van der Waals surface area (Å²) in [5.41, 5.74) is 0.556. The Kier molecular flexibility index (Phi) is 5.95. The fourth-order valence-electron chi connectivity index (χ4n) is 2.81. The van der Waals surface area contributed by atoms with E-state index in [0.29, 0.717) is 18.5 Å². The predicted molar refractivity (Wildman–Crippen MR) is 102 cm³/mol. The number of benzene rings is 2. The lowest BCUT2D eigenvalue weighted by Gasteiger charge is -2.28. The summed E-state index contributed by atoms with van der Waals surface area (Å²) < 4.78 is 40.4. The second-order valence-corrected chi connectivity index (χ2v) is 9.04. The molecule has 0 aromatic heterocycles. The van der Waals surface area contributed by atoms with E-state index in [0.717, 1.165) is 0 Å². The first-order valence-electron chi connectivity index (χ1n) is 8.32. The highest BCUT2D eigenvalue weighted by molar-refractivity contribution is 9.10. The van der Waals surface area contributed by atoms with Crippen LogP contribution in [0, 0.1) is 5.82 Å². The zero-order valence-electron chi connectivity index (χ0n) is 14.2. The van der Waals surface area contributed by atoms with Gasteiger partial charge in [0.15, 0.2) is 0 Å². The highest BCUT2D eigenvalue weighted by Crippen LogP contribution is 2.23. The van der Waals surface area contributed by atoms with E-state index in [1.807, 2.05) is 0 Å². The maximum absolute atomic E-state index is 13.3. The molecular formula is C18H18BrFN2O4S. The molecule has 2 aromatic rings. The van der Waals surface area contributed by atoms with E-state index >= 15 is 0 Å². The number of halogens is 2. The topological polar surface area (TPSA) is 86.7 Å². The molecule has 0 bridgehead atoms. The lowest BCUT2D eigenvalue weighted by atomic mass is 10.1. The van der Waals surface area contributed by atoms with Crippen molar-refractivity contribution in [2.45, 2.75) is 23.8 Å². The first-order chi connectivity index (χ1) is 12.8. The molecule has 0 atom stereocenters. The lowest BCUT2D eigenvalue weighted by Crippen LogP contribution is -2.40. The Morgan fingerprint density at radius 1 is 1.19 bits per heavy atom. The molecule has 2 N–H and O–H groups in total. The highest BCUT2D eigenvalue weighted by Gasteiger charge is 2.29. The maximum Gasteiger partial charge on any atom is 0.255 e. The molecule has 1 aliphatic heterocycles. The molecule has 1 heterocycles. The van der Waals surface area contributed by atoms with Crippen molar-refractivity contribution in [3.8, 4) is 0 Å². The normalized spacial score (nSPS) is 16.3. The lowest BCUT2D eigenvalue weighted by molar-refractivity contribution is 0.102. The predicted octanol–water partition coefficient (Wildman–Crippen LogP) is 2.99. The molecule has 0 radical (unpaired) electrons. The van der Waals surface area contributed by atoms with E-state index in [2.05, 4.69) is 21.2 Å². The number of nitrogens with zero attached hydrogens (tertiary/aromatic N) is 1. The van der Waals surface area contributed by atoms with Crippen LogP contribution in [0.4, 0.5) is 10.1 Å². The van der Waals surface area contributed by atoms with Crippen molar-refractivity contribution in [3.05, 3.63) is 58.3 Å². The number of rotatable bonds is 4. The number of hydrogen-bond acceptors (Lipinski definition) is 4. The van der Waals surface area contributed by atoms with E-state index in [-0.39, 0.29) is 28.0 Å². The molecule has 2 aromatic carbocycles. The van der Waals surface area contributed by atoms with Gasteiger partial charge in [-0.1, -0.05) is 6.07 Å². The van der Waals surface area contributed by atoms with E-state index in [4.69, 9.17) is 0 Å². The van der Waals surface area contributed by atoms with Gasteiger partial charge in [-0.15, -0.1) is 0 Å². The second kappa shape index (κ2) is 8.05. The zero-order valence-corrected chi connectivity index (χ0v) is 16.6. The number of hydrogen-bond donors (Lipinski definition) is 2. The molecule has 6 nitrogen and oxygen atoms in total. The third-order valence-electron chi connectivity index (χ3n) is 4.33. The Bertz CT molecular complexity index is 960. The van der Waals surface area contributed by atoms with Gasteiger partial charge in [-0.3, -0.25) is 4.79 Å². The van der Waals surface area contributed by atoms with Gasteiger partial charge in [-0.05, 0) is 65.2 Å². The quantitative estimate of drug-likeness (QED) is 0.740. The van der Waals surface area contributed by atoms with Crippen molar-refractivity contribution in [2.24, 2.45) is 0 Å².